The molecule has 9 rings (SSSR count). The highest BCUT2D eigenvalue weighted by Gasteiger charge is 2.44. The van der Waals surface area contributed by atoms with Crippen LogP contribution in [-0.4, -0.2) is 9.55 Å². The first-order valence-corrected chi connectivity index (χ1v) is 16.3. The van der Waals surface area contributed by atoms with Crippen molar-refractivity contribution in [3.63, 3.8) is 0 Å². The number of hydrogen-bond donors (Lipinski definition) is 0. The monoisotopic (exact) mass is 578 g/mol. The molecule has 0 radical (unpaired) electrons. The van der Waals surface area contributed by atoms with Gasteiger partial charge in [0.15, 0.2) is 0 Å². The topological polar surface area (TPSA) is 17.8 Å². The molecule has 0 atom stereocenters. The summed E-state index contributed by atoms with van der Waals surface area (Å²) in [4.78, 5) is 5.04. The standard InChI is InChI=1S/C43H34N2/c1-4-12-30(13-5-1)33-20-24-36-37-25-21-34(29-39(37)43(38(36)28-33)26-10-3-11-27-43)31-18-22-35(23-19-31)45-41-17-9-8-16-40(41)44-42(45)32-14-6-2-7-15-32/h1-2,4-9,12-25,28-29H,3,10-11,26-27H2. The van der Waals surface area contributed by atoms with E-state index in [4.69, 9.17) is 4.98 Å². The molecule has 45 heavy (non-hydrogen) atoms. The minimum atomic E-state index is 0.101. The predicted octanol–water partition coefficient (Wildman–Crippen LogP) is 11.3. The van der Waals surface area contributed by atoms with E-state index in [9.17, 15) is 0 Å². The molecule has 0 unspecified atom stereocenters. The number of imidazole rings is 1. The number of rotatable bonds is 4. The Kier molecular flexibility index (Phi) is 6.09. The average Bonchev–Trinajstić information content (AvgIpc) is 3.63. The number of fused-ring (bicyclic) bond motifs is 6. The first-order chi connectivity index (χ1) is 22.3. The highest BCUT2D eigenvalue weighted by Crippen LogP contribution is 2.57. The molecule has 1 saturated carbocycles. The van der Waals surface area contributed by atoms with Gasteiger partial charge in [0.05, 0.1) is 11.0 Å². The minimum Gasteiger partial charge on any atom is -0.292 e. The van der Waals surface area contributed by atoms with E-state index >= 15 is 0 Å². The Morgan fingerprint density at radius 3 is 1.64 bits per heavy atom. The summed E-state index contributed by atoms with van der Waals surface area (Å²) in [5.41, 5.74) is 15.5. The average molecular weight is 579 g/mol. The third kappa shape index (κ3) is 4.20. The van der Waals surface area contributed by atoms with Crippen LogP contribution in [0.4, 0.5) is 0 Å². The van der Waals surface area contributed by atoms with E-state index < -0.39 is 0 Å². The van der Waals surface area contributed by atoms with E-state index in [0.29, 0.717) is 0 Å². The lowest BCUT2D eigenvalue weighted by atomic mass is 9.67. The second-order valence-electron chi connectivity index (χ2n) is 12.7. The van der Waals surface area contributed by atoms with Crippen molar-refractivity contribution in [2.24, 2.45) is 0 Å². The van der Waals surface area contributed by atoms with Gasteiger partial charge in [0.2, 0.25) is 0 Å². The fourth-order valence-electron chi connectivity index (χ4n) is 8.05. The van der Waals surface area contributed by atoms with E-state index in [-0.39, 0.29) is 5.41 Å². The van der Waals surface area contributed by atoms with Gasteiger partial charge in [0.1, 0.15) is 5.82 Å². The second kappa shape index (κ2) is 10.5. The summed E-state index contributed by atoms with van der Waals surface area (Å²) >= 11 is 0. The molecule has 0 saturated heterocycles. The van der Waals surface area contributed by atoms with E-state index in [1.165, 1.54) is 76.6 Å². The number of para-hydroxylation sites is 2. The van der Waals surface area contributed by atoms with Crippen molar-refractivity contribution in [3.05, 3.63) is 157 Å². The van der Waals surface area contributed by atoms with Crippen LogP contribution >= 0.6 is 0 Å². The largest absolute Gasteiger partial charge is 0.292 e. The first kappa shape index (κ1) is 26.2. The van der Waals surface area contributed by atoms with Gasteiger partial charge >= 0.3 is 0 Å². The van der Waals surface area contributed by atoms with Crippen molar-refractivity contribution in [2.75, 3.05) is 0 Å². The Morgan fingerprint density at radius 1 is 0.467 bits per heavy atom. The fraction of sp³-hybridized carbons (Fsp3) is 0.140. The van der Waals surface area contributed by atoms with Crippen LogP contribution in [0.15, 0.2) is 146 Å². The Balaban J connectivity index is 1.13. The van der Waals surface area contributed by atoms with Gasteiger partial charge in [0, 0.05) is 16.7 Å². The quantitative estimate of drug-likeness (QED) is 0.203. The summed E-state index contributed by atoms with van der Waals surface area (Å²) in [7, 11) is 0. The lowest BCUT2D eigenvalue weighted by Gasteiger charge is -2.36. The molecule has 0 aliphatic heterocycles. The van der Waals surface area contributed by atoms with Crippen molar-refractivity contribution < 1.29 is 0 Å². The van der Waals surface area contributed by atoms with Gasteiger partial charge in [0.25, 0.3) is 0 Å². The first-order valence-electron chi connectivity index (χ1n) is 16.3. The third-order valence-electron chi connectivity index (χ3n) is 10.2. The van der Waals surface area contributed by atoms with Crippen molar-refractivity contribution in [1.82, 2.24) is 9.55 Å². The normalized spacial score (nSPS) is 14.8. The van der Waals surface area contributed by atoms with Crippen LogP contribution in [-0.2, 0) is 5.41 Å². The summed E-state index contributed by atoms with van der Waals surface area (Å²) in [6.45, 7) is 0. The molecule has 2 aliphatic rings. The molecule has 216 valence electrons. The van der Waals surface area contributed by atoms with Crippen LogP contribution in [0.3, 0.4) is 0 Å². The van der Waals surface area contributed by atoms with Crippen molar-refractivity contribution in [2.45, 2.75) is 37.5 Å². The number of nitrogens with zero attached hydrogens (tertiary/aromatic N) is 2. The van der Waals surface area contributed by atoms with Crippen LogP contribution in [0.25, 0.3) is 61.5 Å². The third-order valence-corrected chi connectivity index (χ3v) is 10.2. The van der Waals surface area contributed by atoms with E-state index in [1.807, 2.05) is 0 Å². The summed E-state index contributed by atoms with van der Waals surface area (Å²) < 4.78 is 2.29. The van der Waals surface area contributed by atoms with Crippen molar-refractivity contribution >= 4 is 11.0 Å². The van der Waals surface area contributed by atoms with Crippen LogP contribution in [0.2, 0.25) is 0 Å². The van der Waals surface area contributed by atoms with E-state index in [1.54, 1.807) is 0 Å². The zero-order valence-corrected chi connectivity index (χ0v) is 25.3. The lowest BCUT2D eigenvalue weighted by Crippen LogP contribution is -2.28. The number of hydrogen-bond acceptors (Lipinski definition) is 1. The molecule has 2 heteroatoms. The minimum absolute atomic E-state index is 0.101. The van der Waals surface area contributed by atoms with Crippen LogP contribution in [0.1, 0.15) is 43.2 Å². The van der Waals surface area contributed by atoms with E-state index in [0.717, 1.165) is 28.1 Å². The Labute approximate surface area is 264 Å². The van der Waals surface area contributed by atoms with Crippen molar-refractivity contribution in [3.8, 4) is 50.5 Å². The maximum atomic E-state index is 5.04. The van der Waals surface area contributed by atoms with Gasteiger partial charge in [-0.15, -0.1) is 0 Å². The van der Waals surface area contributed by atoms with Gasteiger partial charge in [-0.3, -0.25) is 4.57 Å². The molecule has 2 aliphatic carbocycles. The summed E-state index contributed by atoms with van der Waals surface area (Å²) in [5.74, 6) is 0.967. The fourth-order valence-corrected chi connectivity index (χ4v) is 8.05. The van der Waals surface area contributed by atoms with Gasteiger partial charge in [-0.2, -0.15) is 0 Å². The van der Waals surface area contributed by atoms with Gasteiger partial charge in [-0.25, -0.2) is 4.98 Å². The summed E-state index contributed by atoms with van der Waals surface area (Å²) in [5, 5.41) is 0. The van der Waals surface area contributed by atoms with Gasteiger partial charge < -0.3 is 0 Å². The van der Waals surface area contributed by atoms with Gasteiger partial charge in [-0.1, -0.05) is 128 Å². The number of aromatic nitrogens is 2. The Morgan fingerprint density at radius 2 is 1.00 bits per heavy atom. The van der Waals surface area contributed by atoms with Crippen LogP contribution < -0.4 is 0 Å². The molecule has 7 aromatic rings. The highest BCUT2D eigenvalue weighted by molar-refractivity contribution is 5.87. The zero-order chi connectivity index (χ0) is 29.8. The van der Waals surface area contributed by atoms with Crippen LogP contribution in [0.5, 0.6) is 0 Å². The Bertz CT molecular complexity index is 2170. The molecular weight excluding hydrogens is 544 g/mol. The molecule has 1 heterocycles. The highest BCUT2D eigenvalue weighted by atomic mass is 15.1. The molecule has 1 fully saturated rings. The lowest BCUT2D eigenvalue weighted by molar-refractivity contribution is 0.353. The Hall–Kier alpha value is -5.21. The zero-order valence-electron chi connectivity index (χ0n) is 25.3. The molecule has 1 aromatic heterocycles. The van der Waals surface area contributed by atoms with E-state index in [2.05, 4.69) is 150 Å². The van der Waals surface area contributed by atoms with Gasteiger partial charge in [-0.05, 0) is 93.7 Å². The molecule has 1 spiro atoms. The van der Waals surface area contributed by atoms with Crippen molar-refractivity contribution in [1.29, 1.82) is 0 Å². The maximum absolute atomic E-state index is 5.04. The smallest absolute Gasteiger partial charge is 0.145 e. The predicted molar refractivity (Wildman–Crippen MR) is 187 cm³/mol. The number of benzene rings is 6. The summed E-state index contributed by atoms with van der Waals surface area (Å²) in [6, 6.07) is 53.2. The van der Waals surface area contributed by atoms with Crippen LogP contribution in [0, 0.1) is 0 Å². The SMILES string of the molecule is c1ccc(-c2ccc3c(c2)C2(CCCCC2)c2cc(-c4ccc(-n5c(-c6ccccc6)nc6ccccc65)cc4)ccc2-3)cc1. The molecule has 0 N–H and O–H groups in total. The maximum Gasteiger partial charge on any atom is 0.145 e. The molecule has 2 nitrogen and oxygen atoms in total. The molecule has 0 amide bonds. The second-order valence-corrected chi connectivity index (χ2v) is 12.7. The molecule has 0 bridgehead atoms. The molecule has 6 aromatic carbocycles. The summed E-state index contributed by atoms with van der Waals surface area (Å²) in [6.07, 6.45) is 6.36. The molecular formula is C43H34N2.